The van der Waals surface area contributed by atoms with Crippen molar-refractivity contribution in [2.24, 2.45) is 7.05 Å². The van der Waals surface area contributed by atoms with Crippen LogP contribution in [0.15, 0.2) is 41.4 Å². The Morgan fingerprint density at radius 3 is 2.63 bits per heavy atom. The molecular formula is C17H20FN3O5S. The second-order valence-corrected chi connectivity index (χ2v) is 7.72. The van der Waals surface area contributed by atoms with Gasteiger partial charge in [0.05, 0.1) is 0 Å². The van der Waals surface area contributed by atoms with Gasteiger partial charge in [-0.2, -0.15) is 0 Å². The summed E-state index contributed by atoms with van der Waals surface area (Å²) in [4.78, 5) is 25.5. The molecule has 0 fully saturated rings. The zero-order chi connectivity index (χ0) is 20.2. The van der Waals surface area contributed by atoms with Crippen LogP contribution in [-0.4, -0.2) is 50.5 Å². The quantitative estimate of drug-likeness (QED) is 0.700. The standard InChI is InChI=1S/C17H20FN3O5S/c1-19-27(24,25)14-8-15(20(2)10-14)17(23)26-11-16(22)21(3)9-12-5-4-6-13(18)7-12/h4-8,10,19H,9,11H2,1-3H3. The number of nitrogens with one attached hydrogen (secondary N) is 1. The third-order valence-corrected chi connectivity index (χ3v) is 5.21. The number of sulfonamides is 1. The first-order valence-corrected chi connectivity index (χ1v) is 9.38. The van der Waals surface area contributed by atoms with Crippen molar-refractivity contribution in [3.05, 3.63) is 53.6 Å². The molecule has 0 spiro atoms. The van der Waals surface area contributed by atoms with Crippen LogP contribution in [0.3, 0.4) is 0 Å². The van der Waals surface area contributed by atoms with Crippen molar-refractivity contribution < 1.29 is 27.1 Å². The van der Waals surface area contributed by atoms with Crippen LogP contribution in [0.4, 0.5) is 4.39 Å². The van der Waals surface area contributed by atoms with E-state index in [1.165, 1.54) is 55.0 Å². The van der Waals surface area contributed by atoms with E-state index >= 15 is 0 Å². The maximum Gasteiger partial charge on any atom is 0.355 e. The number of carbonyl (C=O) groups is 2. The van der Waals surface area contributed by atoms with Gasteiger partial charge in [0.15, 0.2) is 6.61 Å². The van der Waals surface area contributed by atoms with Gasteiger partial charge in [0.25, 0.3) is 5.91 Å². The van der Waals surface area contributed by atoms with E-state index in [0.29, 0.717) is 5.56 Å². The first-order valence-electron chi connectivity index (χ1n) is 7.89. The summed E-state index contributed by atoms with van der Waals surface area (Å²) in [6.07, 6.45) is 1.26. The summed E-state index contributed by atoms with van der Waals surface area (Å²) in [5.41, 5.74) is 0.589. The molecule has 0 aliphatic carbocycles. The zero-order valence-electron chi connectivity index (χ0n) is 15.1. The summed E-state index contributed by atoms with van der Waals surface area (Å²) in [5, 5.41) is 0. The van der Waals surface area contributed by atoms with Crippen LogP contribution in [0.2, 0.25) is 0 Å². The van der Waals surface area contributed by atoms with Gasteiger partial charge in [-0.1, -0.05) is 12.1 Å². The largest absolute Gasteiger partial charge is 0.451 e. The summed E-state index contributed by atoms with van der Waals surface area (Å²) >= 11 is 0. The summed E-state index contributed by atoms with van der Waals surface area (Å²) in [5.74, 6) is -1.72. The summed E-state index contributed by atoms with van der Waals surface area (Å²) in [7, 11) is 0.547. The first kappa shape index (κ1) is 20.6. The van der Waals surface area contributed by atoms with Crippen LogP contribution < -0.4 is 4.72 Å². The normalized spacial score (nSPS) is 11.3. The van der Waals surface area contributed by atoms with Gasteiger partial charge in [0.2, 0.25) is 10.0 Å². The maximum atomic E-state index is 13.2. The highest BCUT2D eigenvalue weighted by atomic mass is 32.2. The Balaban J connectivity index is 1.97. The van der Waals surface area contributed by atoms with Crippen LogP contribution in [0.5, 0.6) is 0 Å². The number of nitrogens with zero attached hydrogens (tertiary/aromatic N) is 2. The van der Waals surface area contributed by atoms with E-state index in [0.717, 1.165) is 6.07 Å². The fourth-order valence-corrected chi connectivity index (χ4v) is 3.11. The number of hydrogen-bond donors (Lipinski definition) is 1. The van der Waals surface area contributed by atoms with Gasteiger partial charge in [-0.3, -0.25) is 4.79 Å². The minimum Gasteiger partial charge on any atom is -0.451 e. The smallest absolute Gasteiger partial charge is 0.355 e. The minimum atomic E-state index is -3.70. The molecule has 146 valence electrons. The van der Waals surface area contributed by atoms with Gasteiger partial charge in [0, 0.05) is 26.8 Å². The highest BCUT2D eigenvalue weighted by molar-refractivity contribution is 7.89. The number of ether oxygens (including phenoxy) is 1. The summed E-state index contributed by atoms with van der Waals surface area (Å²) < 4.78 is 45.2. The lowest BCUT2D eigenvalue weighted by molar-refractivity contribution is -0.133. The third-order valence-electron chi connectivity index (χ3n) is 3.83. The third kappa shape index (κ3) is 5.14. The molecule has 0 atom stereocenters. The van der Waals surface area contributed by atoms with Crippen LogP contribution in [0.1, 0.15) is 16.1 Å². The molecule has 2 aromatic rings. The summed E-state index contributed by atoms with van der Waals surface area (Å²) in [6, 6.07) is 6.98. The van der Waals surface area contributed by atoms with Gasteiger partial charge in [-0.15, -0.1) is 0 Å². The van der Waals surface area contributed by atoms with E-state index in [2.05, 4.69) is 4.72 Å². The van der Waals surface area contributed by atoms with E-state index in [4.69, 9.17) is 4.74 Å². The molecule has 1 heterocycles. The predicted octanol–water partition coefficient (Wildman–Crippen LogP) is 0.888. The topological polar surface area (TPSA) is 97.7 Å². The van der Waals surface area contributed by atoms with Crippen LogP contribution in [0, 0.1) is 5.82 Å². The molecule has 8 nitrogen and oxygen atoms in total. The molecule has 0 saturated carbocycles. The predicted molar refractivity (Wildman–Crippen MR) is 94.8 cm³/mol. The minimum absolute atomic E-state index is 0.00981. The Bertz CT molecular complexity index is 955. The fraction of sp³-hybridized carbons (Fsp3) is 0.294. The lowest BCUT2D eigenvalue weighted by Crippen LogP contribution is -2.31. The molecule has 1 amide bonds. The number of likely N-dealkylation sites (N-methyl/N-ethyl adjacent to an activating group) is 1. The van der Waals surface area contributed by atoms with E-state index in [1.807, 2.05) is 0 Å². The van der Waals surface area contributed by atoms with Crippen molar-refractivity contribution in [1.82, 2.24) is 14.2 Å². The maximum absolute atomic E-state index is 13.2. The molecule has 2 rings (SSSR count). The second kappa shape index (κ2) is 8.31. The van der Waals surface area contributed by atoms with Gasteiger partial charge in [-0.25, -0.2) is 22.3 Å². The van der Waals surface area contributed by atoms with Crippen molar-refractivity contribution in [2.75, 3.05) is 20.7 Å². The molecule has 0 unspecified atom stereocenters. The lowest BCUT2D eigenvalue weighted by atomic mass is 10.2. The Morgan fingerprint density at radius 2 is 2.00 bits per heavy atom. The van der Waals surface area contributed by atoms with Crippen LogP contribution in [-0.2, 0) is 33.1 Å². The van der Waals surface area contributed by atoms with Crippen molar-refractivity contribution >= 4 is 21.9 Å². The molecule has 0 saturated heterocycles. The number of aromatic nitrogens is 1. The molecule has 10 heteroatoms. The monoisotopic (exact) mass is 397 g/mol. The van der Waals surface area contributed by atoms with E-state index in [1.54, 1.807) is 6.07 Å². The number of rotatable bonds is 7. The molecule has 0 aliphatic heterocycles. The zero-order valence-corrected chi connectivity index (χ0v) is 15.9. The van der Waals surface area contributed by atoms with E-state index < -0.39 is 34.3 Å². The molecule has 1 aromatic heterocycles. The van der Waals surface area contributed by atoms with Crippen molar-refractivity contribution in [3.8, 4) is 0 Å². The van der Waals surface area contributed by atoms with Crippen molar-refractivity contribution in [3.63, 3.8) is 0 Å². The van der Waals surface area contributed by atoms with E-state index in [9.17, 15) is 22.4 Å². The Morgan fingerprint density at radius 1 is 1.30 bits per heavy atom. The average Bonchev–Trinajstić information content (AvgIpc) is 3.02. The van der Waals surface area contributed by atoms with Crippen LogP contribution in [0.25, 0.3) is 0 Å². The molecule has 0 bridgehead atoms. The molecule has 0 aliphatic rings. The Kier molecular flexibility index (Phi) is 6.34. The number of esters is 1. The second-order valence-electron chi connectivity index (χ2n) is 5.84. The SMILES string of the molecule is CNS(=O)(=O)c1cc(C(=O)OCC(=O)N(C)Cc2cccc(F)c2)n(C)c1. The van der Waals surface area contributed by atoms with Crippen LogP contribution >= 0.6 is 0 Å². The number of amides is 1. The average molecular weight is 397 g/mol. The Hall–Kier alpha value is -2.72. The van der Waals surface area contributed by atoms with Gasteiger partial charge < -0.3 is 14.2 Å². The number of halogens is 1. The van der Waals surface area contributed by atoms with Crippen molar-refractivity contribution in [2.45, 2.75) is 11.4 Å². The Labute approximate surface area is 156 Å². The first-order chi connectivity index (χ1) is 12.6. The fourth-order valence-electron chi connectivity index (χ4n) is 2.31. The lowest BCUT2D eigenvalue weighted by Gasteiger charge is -2.17. The molecule has 0 radical (unpaired) electrons. The number of carbonyl (C=O) groups excluding carboxylic acids is 2. The molecule has 1 aromatic carbocycles. The molecule has 27 heavy (non-hydrogen) atoms. The van der Waals surface area contributed by atoms with Crippen molar-refractivity contribution in [1.29, 1.82) is 0 Å². The van der Waals surface area contributed by atoms with Gasteiger partial charge >= 0.3 is 5.97 Å². The molecule has 1 N–H and O–H groups in total. The highest BCUT2D eigenvalue weighted by Crippen LogP contribution is 2.14. The number of aryl methyl sites for hydroxylation is 1. The molecular weight excluding hydrogens is 377 g/mol. The number of hydrogen-bond acceptors (Lipinski definition) is 5. The summed E-state index contributed by atoms with van der Waals surface area (Å²) in [6.45, 7) is -0.368. The highest BCUT2D eigenvalue weighted by Gasteiger charge is 2.21. The number of benzene rings is 1. The van der Waals surface area contributed by atoms with E-state index in [-0.39, 0.29) is 17.1 Å². The van der Waals surface area contributed by atoms with Gasteiger partial charge in [-0.05, 0) is 30.8 Å². The van der Waals surface area contributed by atoms with Gasteiger partial charge in [0.1, 0.15) is 16.4 Å².